The quantitative estimate of drug-likeness (QED) is 0.607. The summed E-state index contributed by atoms with van der Waals surface area (Å²) in [6.07, 6.45) is 2.63. The van der Waals surface area contributed by atoms with E-state index in [0.717, 1.165) is 0 Å². The fraction of sp³-hybridized carbons (Fsp3) is 0.462. The normalized spacial score (nSPS) is 17.5. The predicted octanol–water partition coefficient (Wildman–Crippen LogP) is 3.70. The van der Waals surface area contributed by atoms with Crippen LogP contribution in [-0.4, -0.2) is 0 Å². The van der Waals surface area contributed by atoms with Crippen molar-refractivity contribution in [2.45, 2.75) is 39.0 Å². The molecule has 0 atom stereocenters. The number of benzene rings is 1. The molecule has 0 spiro atoms. The van der Waals surface area contributed by atoms with Gasteiger partial charge in [-0.05, 0) is 29.4 Å². The van der Waals surface area contributed by atoms with Crippen molar-refractivity contribution in [3.63, 3.8) is 0 Å². The fourth-order valence-corrected chi connectivity index (χ4v) is 1.56. The summed E-state index contributed by atoms with van der Waals surface area (Å²) in [4.78, 5) is 0. The van der Waals surface area contributed by atoms with Gasteiger partial charge in [0.1, 0.15) is 0 Å². The number of hydrogen-bond donors (Lipinski definition) is 0. The second kappa shape index (κ2) is 2.87. The largest absolute Gasteiger partial charge is 0.0582 e. The highest BCUT2D eigenvalue weighted by atomic mass is 14.3. The van der Waals surface area contributed by atoms with Crippen LogP contribution < -0.4 is 0 Å². The molecular weight excluding hydrogens is 156 g/mol. The van der Waals surface area contributed by atoms with E-state index < -0.39 is 0 Å². The highest BCUT2D eigenvalue weighted by Crippen LogP contribution is 2.39. The molecule has 0 amide bonds. The van der Waals surface area contributed by atoms with Crippen molar-refractivity contribution in [2.24, 2.45) is 0 Å². The second-order valence-electron chi connectivity index (χ2n) is 4.93. The zero-order chi connectivity index (χ0) is 9.47. The number of hydrogen-bond acceptors (Lipinski definition) is 0. The van der Waals surface area contributed by atoms with Crippen LogP contribution in [0.4, 0.5) is 0 Å². The minimum atomic E-state index is 0.284. The van der Waals surface area contributed by atoms with Gasteiger partial charge in [-0.25, -0.2) is 0 Å². The van der Waals surface area contributed by atoms with Gasteiger partial charge < -0.3 is 0 Å². The van der Waals surface area contributed by atoms with Gasteiger partial charge in [0, 0.05) is 5.92 Å². The molecule has 0 aliphatic heterocycles. The standard InChI is InChI=1S/C13H17/c1-13(2,3)12-8-6-11(7-9-12)10-4-5-10/h6-9H,4-5H2,1-3H3. The molecule has 1 radical (unpaired) electrons. The average Bonchev–Trinajstić information content (AvgIpc) is 2.85. The molecule has 1 fully saturated rings. The average molecular weight is 173 g/mol. The summed E-state index contributed by atoms with van der Waals surface area (Å²) in [6, 6.07) is 9.06. The lowest BCUT2D eigenvalue weighted by molar-refractivity contribution is 0.590. The zero-order valence-corrected chi connectivity index (χ0v) is 8.72. The Hall–Kier alpha value is -0.780. The van der Waals surface area contributed by atoms with Crippen LogP contribution in [-0.2, 0) is 5.41 Å². The Bertz CT molecular complexity index is 283. The first-order chi connectivity index (χ1) is 6.07. The van der Waals surface area contributed by atoms with Crippen molar-refractivity contribution in [1.29, 1.82) is 0 Å². The zero-order valence-electron chi connectivity index (χ0n) is 8.72. The van der Waals surface area contributed by atoms with E-state index in [2.05, 4.69) is 45.0 Å². The minimum Gasteiger partial charge on any atom is -0.0582 e. The van der Waals surface area contributed by atoms with Crippen molar-refractivity contribution in [2.75, 3.05) is 0 Å². The highest BCUT2D eigenvalue weighted by molar-refractivity contribution is 5.40. The molecular formula is C13H17. The van der Waals surface area contributed by atoms with Gasteiger partial charge >= 0.3 is 0 Å². The minimum absolute atomic E-state index is 0.284. The van der Waals surface area contributed by atoms with Gasteiger partial charge in [-0.15, -0.1) is 0 Å². The smallest absolute Gasteiger partial charge is 0.00504 e. The first-order valence-corrected chi connectivity index (χ1v) is 5.03. The Labute approximate surface area is 81.0 Å². The Morgan fingerprint density at radius 2 is 1.46 bits per heavy atom. The van der Waals surface area contributed by atoms with E-state index >= 15 is 0 Å². The molecule has 13 heavy (non-hydrogen) atoms. The molecule has 1 aliphatic rings. The van der Waals surface area contributed by atoms with Crippen molar-refractivity contribution < 1.29 is 0 Å². The Kier molecular flexibility index (Phi) is 1.94. The van der Waals surface area contributed by atoms with E-state index in [1.807, 2.05) is 0 Å². The van der Waals surface area contributed by atoms with E-state index in [1.54, 1.807) is 5.92 Å². The van der Waals surface area contributed by atoms with Crippen LogP contribution in [0.3, 0.4) is 0 Å². The van der Waals surface area contributed by atoms with Crippen molar-refractivity contribution in [1.82, 2.24) is 0 Å². The monoisotopic (exact) mass is 173 g/mol. The topological polar surface area (TPSA) is 0 Å². The lowest BCUT2D eigenvalue weighted by atomic mass is 9.86. The van der Waals surface area contributed by atoms with Crippen LogP contribution in [0.1, 0.15) is 44.7 Å². The molecule has 0 heterocycles. The number of rotatable bonds is 1. The van der Waals surface area contributed by atoms with E-state index in [4.69, 9.17) is 0 Å². The summed E-state index contributed by atoms with van der Waals surface area (Å²) < 4.78 is 0. The molecule has 1 aliphatic carbocycles. The summed E-state index contributed by atoms with van der Waals surface area (Å²) in [6.45, 7) is 6.77. The lowest BCUT2D eigenvalue weighted by Crippen LogP contribution is -2.10. The second-order valence-corrected chi connectivity index (χ2v) is 4.93. The molecule has 0 nitrogen and oxygen atoms in total. The first kappa shape index (κ1) is 8.80. The van der Waals surface area contributed by atoms with Gasteiger partial charge in [-0.2, -0.15) is 0 Å². The van der Waals surface area contributed by atoms with E-state index in [9.17, 15) is 0 Å². The molecule has 0 aromatic heterocycles. The van der Waals surface area contributed by atoms with Crippen molar-refractivity contribution in [3.05, 3.63) is 41.3 Å². The maximum Gasteiger partial charge on any atom is 0.00504 e. The van der Waals surface area contributed by atoms with Crippen molar-refractivity contribution >= 4 is 0 Å². The van der Waals surface area contributed by atoms with Crippen LogP contribution in [0.5, 0.6) is 0 Å². The lowest BCUT2D eigenvalue weighted by Gasteiger charge is -2.19. The summed E-state index contributed by atoms with van der Waals surface area (Å²) in [5, 5.41) is 0. The SMILES string of the molecule is CC(C)(C)c1ccc([C]2CC2)cc1. The maximum atomic E-state index is 2.27. The van der Waals surface area contributed by atoms with Gasteiger partial charge in [0.2, 0.25) is 0 Å². The molecule has 0 unspecified atom stereocenters. The van der Waals surface area contributed by atoms with E-state index in [-0.39, 0.29) is 5.41 Å². The van der Waals surface area contributed by atoms with Crippen LogP contribution in [0, 0.1) is 5.92 Å². The first-order valence-electron chi connectivity index (χ1n) is 5.03. The maximum absolute atomic E-state index is 2.27. The fourth-order valence-electron chi connectivity index (χ4n) is 1.56. The van der Waals surface area contributed by atoms with E-state index in [0.29, 0.717) is 0 Å². The van der Waals surface area contributed by atoms with Gasteiger partial charge in [0.15, 0.2) is 0 Å². The summed E-state index contributed by atoms with van der Waals surface area (Å²) in [7, 11) is 0. The summed E-state index contributed by atoms with van der Waals surface area (Å²) in [5.41, 5.74) is 3.16. The Balaban J connectivity index is 2.22. The van der Waals surface area contributed by atoms with Gasteiger partial charge in [-0.3, -0.25) is 0 Å². The van der Waals surface area contributed by atoms with Crippen LogP contribution >= 0.6 is 0 Å². The van der Waals surface area contributed by atoms with Gasteiger partial charge in [0.05, 0.1) is 0 Å². The summed E-state index contributed by atoms with van der Waals surface area (Å²) >= 11 is 0. The van der Waals surface area contributed by atoms with Gasteiger partial charge in [-0.1, -0.05) is 45.0 Å². The van der Waals surface area contributed by atoms with Gasteiger partial charge in [0.25, 0.3) is 0 Å². The molecule has 1 aromatic rings. The van der Waals surface area contributed by atoms with Crippen LogP contribution in [0.15, 0.2) is 24.3 Å². The molecule has 1 saturated carbocycles. The van der Waals surface area contributed by atoms with Crippen LogP contribution in [0.2, 0.25) is 0 Å². The molecule has 0 heteroatoms. The third-order valence-corrected chi connectivity index (χ3v) is 2.66. The third kappa shape index (κ3) is 1.93. The Morgan fingerprint density at radius 1 is 0.923 bits per heavy atom. The molecule has 2 rings (SSSR count). The molecule has 0 saturated heterocycles. The molecule has 0 bridgehead atoms. The summed E-state index contributed by atoms with van der Waals surface area (Å²) in [5.74, 6) is 1.63. The third-order valence-electron chi connectivity index (χ3n) is 2.66. The molecule has 1 aromatic carbocycles. The molecule has 69 valence electrons. The Morgan fingerprint density at radius 3 is 1.85 bits per heavy atom. The molecule has 0 N–H and O–H groups in total. The van der Waals surface area contributed by atoms with E-state index in [1.165, 1.54) is 24.0 Å². The van der Waals surface area contributed by atoms with Crippen LogP contribution in [0.25, 0.3) is 0 Å². The van der Waals surface area contributed by atoms with Crippen molar-refractivity contribution in [3.8, 4) is 0 Å². The highest BCUT2D eigenvalue weighted by Gasteiger charge is 2.24. The predicted molar refractivity (Wildman–Crippen MR) is 56.7 cm³/mol.